The second kappa shape index (κ2) is 7.47. The Morgan fingerprint density at radius 3 is 2.68 bits per heavy atom. The highest BCUT2D eigenvalue weighted by Gasteiger charge is 2.22. The number of ether oxygens (including phenoxy) is 2. The van der Waals surface area contributed by atoms with Crippen LogP contribution in [0.1, 0.15) is 17.5 Å². The molecular weight excluding hydrogens is 316 g/mol. The zero-order valence-corrected chi connectivity index (χ0v) is 15.0. The van der Waals surface area contributed by atoms with Gasteiger partial charge in [0.05, 0.1) is 12.3 Å². The number of likely N-dealkylation sites (N-methyl/N-ethyl adjacent to an activating group) is 1. The van der Waals surface area contributed by atoms with Crippen molar-refractivity contribution < 1.29 is 14.3 Å². The average Bonchev–Trinajstić information content (AvgIpc) is 2.57. The largest absolute Gasteiger partial charge is 0.494 e. The van der Waals surface area contributed by atoms with E-state index in [2.05, 4.69) is 37.4 Å². The summed E-state index contributed by atoms with van der Waals surface area (Å²) in [5.74, 6) is 1.63. The van der Waals surface area contributed by atoms with Crippen LogP contribution in [0.25, 0.3) is 0 Å². The van der Waals surface area contributed by atoms with E-state index in [0.717, 1.165) is 35.8 Å². The minimum Gasteiger partial charge on any atom is -0.494 e. The van der Waals surface area contributed by atoms with E-state index in [4.69, 9.17) is 9.47 Å². The van der Waals surface area contributed by atoms with Crippen molar-refractivity contribution in [1.82, 2.24) is 0 Å². The fourth-order valence-corrected chi connectivity index (χ4v) is 2.89. The summed E-state index contributed by atoms with van der Waals surface area (Å²) in [7, 11) is 1.77. The second-order valence-electron chi connectivity index (χ2n) is 6.38. The molecule has 0 atom stereocenters. The van der Waals surface area contributed by atoms with Crippen LogP contribution in [0.2, 0.25) is 0 Å². The Kier molecular flexibility index (Phi) is 5.12. The summed E-state index contributed by atoms with van der Waals surface area (Å²) in [5, 5.41) is 3.37. The molecule has 0 spiro atoms. The molecule has 0 fully saturated rings. The van der Waals surface area contributed by atoms with Crippen molar-refractivity contribution in [3.05, 3.63) is 47.5 Å². The third-order valence-electron chi connectivity index (χ3n) is 4.16. The minimum atomic E-state index is -0.0357. The van der Waals surface area contributed by atoms with E-state index in [0.29, 0.717) is 6.61 Å². The molecule has 1 aliphatic heterocycles. The minimum absolute atomic E-state index is 0.0357. The summed E-state index contributed by atoms with van der Waals surface area (Å²) in [6.07, 6.45) is 0.884. The van der Waals surface area contributed by atoms with Crippen LogP contribution in [0.5, 0.6) is 11.5 Å². The summed E-state index contributed by atoms with van der Waals surface area (Å²) in [4.78, 5) is 13.3. The Labute approximate surface area is 148 Å². The highest BCUT2D eigenvalue weighted by Crippen LogP contribution is 2.33. The van der Waals surface area contributed by atoms with E-state index in [-0.39, 0.29) is 12.5 Å². The third kappa shape index (κ3) is 4.24. The molecule has 3 rings (SSSR count). The highest BCUT2D eigenvalue weighted by atomic mass is 16.5. The number of nitrogens with zero attached hydrogens (tertiary/aromatic N) is 1. The molecule has 0 bridgehead atoms. The maximum Gasteiger partial charge on any atom is 0.264 e. The zero-order chi connectivity index (χ0) is 17.8. The molecule has 0 radical (unpaired) electrons. The van der Waals surface area contributed by atoms with Gasteiger partial charge in [-0.1, -0.05) is 6.07 Å². The molecule has 0 aliphatic carbocycles. The van der Waals surface area contributed by atoms with Crippen LogP contribution in [0.4, 0.5) is 11.4 Å². The zero-order valence-electron chi connectivity index (χ0n) is 15.0. The van der Waals surface area contributed by atoms with Crippen LogP contribution in [0.15, 0.2) is 36.4 Å². The molecule has 0 saturated heterocycles. The van der Waals surface area contributed by atoms with Crippen molar-refractivity contribution in [2.75, 3.05) is 37.0 Å². The molecule has 2 aromatic carbocycles. The number of benzene rings is 2. The summed E-state index contributed by atoms with van der Waals surface area (Å²) in [6.45, 7) is 5.70. The van der Waals surface area contributed by atoms with Gasteiger partial charge in [-0.05, 0) is 61.7 Å². The van der Waals surface area contributed by atoms with Crippen LogP contribution >= 0.6 is 0 Å². The SMILES string of the molecule is Cc1cc(C)cc(OCCCNc2ccc3c(c2)N(C)C(=O)CO3)c1. The maximum atomic E-state index is 11.7. The lowest BCUT2D eigenvalue weighted by Gasteiger charge is -2.26. The van der Waals surface area contributed by atoms with Crippen LogP contribution in [-0.4, -0.2) is 32.7 Å². The second-order valence-corrected chi connectivity index (χ2v) is 6.38. The summed E-state index contributed by atoms with van der Waals surface area (Å²) in [6, 6.07) is 12.0. The molecule has 1 N–H and O–H groups in total. The van der Waals surface area contributed by atoms with Gasteiger partial charge in [0.15, 0.2) is 6.61 Å². The molecule has 0 unspecified atom stereocenters. The van der Waals surface area contributed by atoms with Gasteiger partial charge in [-0.3, -0.25) is 4.79 Å². The first kappa shape index (κ1) is 17.1. The van der Waals surface area contributed by atoms with Crippen LogP contribution in [0, 0.1) is 13.8 Å². The van der Waals surface area contributed by atoms with Gasteiger partial charge >= 0.3 is 0 Å². The number of carbonyl (C=O) groups is 1. The van der Waals surface area contributed by atoms with Crippen molar-refractivity contribution >= 4 is 17.3 Å². The van der Waals surface area contributed by atoms with Gasteiger partial charge in [-0.25, -0.2) is 0 Å². The first-order valence-electron chi connectivity index (χ1n) is 8.51. The molecule has 132 valence electrons. The van der Waals surface area contributed by atoms with E-state index in [1.54, 1.807) is 11.9 Å². The van der Waals surface area contributed by atoms with E-state index in [9.17, 15) is 4.79 Å². The van der Waals surface area contributed by atoms with Crippen molar-refractivity contribution in [2.24, 2.45) is 0 Å². The fourth-order valence-electron chi connectivity index (χ4n) is 2.89. The van der Waals surface area contributed by atoms with Gasteiger partial charge in [-0.2, -0.15) is 0 Å². The average molecular weight is 340 g/mol. The first-order chi connectivity index (χ1) is 12.0. The maximum absolute atomic E-state index is 11.7. The number of hydrogen-bond acceptors (Lipinski definition) is 4. The van der Waals surface area contributed by atoms with Crippen LogP contribution in [-0.2, 0) is 4.79 Å². The Balaban J connectivity index is 1.49. The predicted octanol–water partition coefficient (Wildman–Crippen LogP) is 3.54. The molecule has 5 nitrogen and oxygen atoms in total. The Morgan fingerprint density at radius 1 is 1.16 bits per heavy atom. The third-order valence-corrected chi connectivity index (χ3v) is 4.16. The topological polar surface area (TPSA) is 50.8 Å². The molecule has 2 aromatic rings. The van der Waals surface area contributed by atoms with Gasteiger partial charge in [0.2, 0.25) is 0 Å². The van der Waals surface area contributed by atoms with Gasteiger partial charge < -0.3 is 19.7 Å². The van der Waals surface area contributed by atoms with Crippen molar-refractivity contribution in [3.63, 3.8) is 0 Å². The Hall–Kier alpha value is -2.69. The molecule has 0 saturated carbocycles. The number of carbonyl (C=O) groups excluding carboxylic acids is 1. The monoisotopic (exact) mass is 340 g/mol. The Bertz CT molecular complexity index is 753. The number of aryl methyl sites for hydroxylation is 2. The molecule has 1 amide bonds. The quantitative estimate of drug-likeness (QED) is 0.817. The summed E-state index contributed by atoms with van der Waals surface area (Å²) >= 11 is 0. The molecule has 0 aromatic heterocycles. The van der Waals surface area contributed by atoms with Gasteiger partial charge in [0, 0.05) is 19.3 Å². The van der Waals surface area contributed by atoms with Gasteiger partial charge in [0.1, 0.15) is 11.5 Å². The lowest BCUT2D eigenvalue weighted by atomic mass is 10.1. The van der Waals surface area contributed by atoms with Crippen molar-refractivity contribution in [1.29, 1.82) is 0 Å². The first-order valence-corrected chi connectivity index (χ1v) is 8.51. The smallest absolute Gasteiger partial charge is 0.264 e. The van der Waals surface area contributed by atoms with Crippen LogP contribution in [0.3, 0.4) is 0 Å². The number of fused-ring (bicyclic) bond motifs is 1. The molecule has 1 heterocycles. The van der Waals surface area contributed by atoms with E-state index in [1.807, 2.05) is 18.2 Å². The summed E-state index contributed by atoms with van der Waals surface area (Å²) in [5.41, 5.74) is 4.19. The molecular formula is C20H24N2O3. The number of nitrogens with one attached hydrogen (secondary N) is 1. The van der Waals surface area contributed by atoms with Crippen molar-refractivity contribution in [3.8, 4) is 11.5 Å². The Morgan fingerprint density at radius 2 is 1.92 bits per heavy atom. The van der Waals surface area contributed by atoms with Crippen LogP contribution < -0.4 is 19.7 Å². The van der Waals surface area contributed by atoms with Gasteiger partial charge in [-0.15, -0.1) is 0 Å². The van der Waals surface area contributed by atoms with E-state index >= 15 is 0 Å². The predicted molar refractivity (Wildman–Crippen MR) is 99.9 cm³/mol. The standard InChI is InChI=1S/C20H24N2O3/c1-14-9-15(2)11-17(10-14)24-8-4-7-21-16-5-6-19-18(12-16)22(3)20(23)13-25-19/h5-6,9-12,21H,4,7-8,13H2,1-3H3. The molecule has 25 heavy (non-hydrogen) atoms. The van der Waals surface area contributed by atoms with Gasteiger partial charge in [0.25, 0.3) is 5.91 Å². The molecule has 1 aliphatic rings. The van der Waals surface area contributed by atoms with Crippen molar-refractivity contribution in [2.45, 2.75) is 20.3 Å². The number of hydrogen-bond donors (Lipinski definition) is 1. The fraction of sp³-hybridized carbons (Fsp3) is 0.350. The number of rotatable bonds is 6. The van der Waals surface area contributed by atoms with E-state index < -0.39 is 0 Å². The summed E-state index contributed by atoms with van der Waals surface area (Å²) < 4.78 is 11.2. The normalized spacial score (nSPS) is 13.2. The van der Waals surface area contributed by atoms with E-state index in [1.165, 1.54) is 11.1 Å². The lowest BCUT2D eigenvalue weighted by molar-refractivity contribution is -0.120. The lowest BCUT2D eigenvalue weighted by Crippen LogP contribution is -2.35. The molecule has 5 heteroatoms. The highest BCUT2D eigenvalue weighted by molar-refractivity contribution is 5.97. The number of amides is 1. The number of anilines is 2.